The Balaban J connectivity index is 2.36. The molecule has 1 saturated heterocycles. The summed E-state index contributed by atoms with van der Waals surface area (Å²) in [4.78, 5) is 22.4. The van der Waals surface area contributed by atoms with Crippen molar-refractivity contribution >= 4 is 23.1 Å². The third-order valence-electron chi connectivity index (χ3n) is 3.53. The van der Waals surface area contributed by atoms with Crippen LogP contribution < -0.4 is 4.90 Å². The van der Waals surface area contributed by atoms with Gasteiger partial charge >= 0.3 is 5.69 Å². The highest BCUT2D eigenvalue weighted by Crippen LogP contribution is 2.30. The number of hydrogen-bond donors (Lipinski definition) is 0. The Hall–Kier alpha value is -1.47. The minimum atomic E-state index is -0.475. The lowest BCUT2D eigenvalue weighted by molar-refractivity contribution is -0.384. The second-order valence-corrected chi connectivity index (χ2v) is 5.60. The number of halogens is 1. The van der Waals surface area contributed by atoms with E-state index in [2.05, 4.69) is 28.7 Å². The van der Waals surface area contributed by atoms with E-state index in [4.69, 9.17) is 11.6 Å². The summed E-state index contributed by atoms with van der Waals surface area (Å²) in [5, 5.41) is 11.1. The molecular formula is C11H16ClN5O2. The maximum absolute atomic E-state index is 11.0. The Labute approximate surface area is 116 Å². The highest BCUT2D eigenvalue weighted by molar-refractivity contribution is 6.28. The fraction of sp³-hybridized carbons (Fsp3) is 0.636. The minimum Gasteiger partial charge on any atom is -0.348 e. The van der Waals surface area contributed by atoms with Gasteiger partial charge in [-0.15, -0.1) is 0 Å². The molecule has 8 heteroatoms. The normalized spacial score (nSPS) is 19.5. The molecule has 0 N–H and O–H groups in total. The molecule has 1 aromatic heterocycles. The first-order valence-corrected chi connectivity index (χ1v) is 6.32. The fourth-order valence-electron chi connectivity index (χ4n) is 2.13. The SMILES string of the molecule is CN1CCN(c2nc(Cl)ncc2[N+](=O)[O-])CC1(C)C. The van der Waals surface area contributed by atoms with Gasteiger partial charge in [0.05, 0.1) is 4.92 Å². The summed E-state index contributed by atoms with van der Waals surface area (Å²) < 4.78 is 0. The zero-order valence-corrected chi connectivity index (χ0v) is 11.9. The van der Waals surface area contributed by atoms with Crippen molar-refractivity contribution in [2.45, 2.75) is 19.4 Å². The largest absolute Gasteiger partial charge is 0.348 e. The molecule has 7 nitrogen and oxygen atoms in total. The van der Waals surface area contributed by atoms with Crippen molar-refractivity contribution in [3.63, 3.8) is 0 Å². The van der Waals surface area contributed by atoms with Crippen molar-refractivity contribution in [1.29, 1.82) is 0 Å². The molecule has 0 unspecified atom stereocenters. The van der Waals surface area contributed by atoms with Crippen molar-refractivity contribution in [2.75, 3.05) is 31.6 Å². The van der Waals surface area contributed by atoms with Gasteiger partial charge in [0, 0.05) is 25.2 Å². The van der Waals surface area contributed by atoms with E-state index in [-0.39, 0.29) is 16.5 Å². The van der Waals surface area contributed by atoms with Gasteiger partial charge in [0.2, 0.25) is 11.1 Å². The summed E-state index contributed by atoms with van der Waals surface area (Å²) in [7, 11) is 2.04. The molecule has 104 valence electrons. The summed E-state index contributed by atoms with van der Waals surface area (Å²) >= 11 is 5.76. The number of hydrogen-bond acceptors (Lipinski definition) is 6. The van der Waals surface area contributed by atoms with Crippen molar-refractivity contribution in [1.82, 2.24) is 14.9 Å². The molecule has 2 rings (SSSR count). The average Bonchev–Trinajstić information content (AvgIpc) is 2.32. The van der Waals surface area contributed by atoms with Gasteiger partial charge in [-0.1, -0.05) is 0 Å². The third kappa shape index (κ3) is 2.76. The van der Waals surface area contributed by atoms with Crippen LogP contribution in [0.15, 0.2) is 6.20 Å². The van der Waals surface area contributed by atoms with E-state index in [9.17, 15) is 10.1 Å². The van der Waals surface area contributed by atoms with Crippen LogP contribution in [0, 0.1) is 10.1 Å². The molecule has 0 saturated carbocycles. The first-order valence-electron chi connectivity index (χ1n) is 5.94. The summed E-state index contributed by atoms with van der Waals surface area (Å²) in [5.74, 6) is 0.297. The zero-order valence-electron chi connectivity index (χ0n) is 11.1. The van der Waals surface area contributed by atoms with Gasteiger partial charge in [0.25, 0.3) is 0 Å². The van der Waals surface area contributed by atoms with E-state index in [0.29, 0.717) is 18.9 Å². The Morgan fingerprint density at radius 3 is 2.74 bits per heavy atom. The maximum atomic E-state index is 11.0. The molecule has 1 aliphatic heterocycles. The van der Waals surface area contributed by atoms with Gasteiger partial charge in [0.15, 0.2) is 0 Å². The number of rotatable bonds is 2. The molecule has 0 aliphatic carbocycles. The predicted octanol–water partition coefficient (Wildman–Crippen LogP) is 1.57. The quantitative estimate of drug-likeness (QED) is 0.466. The molecule has 1 aromatic rings. The van der Waals surface area contributed by atoms with Gasteiger partial charge in [-0.05, 0) is 32.5 Å². The lowest BCUT2D eigenvalue weighted by Gasteiger charge is -2.45. The van der Waals surface area contributed by atoms with Crippen LogP contribution in [0.2, 0.25) is 5.28 Å². The van der Waals surface area contributed by atoms with Gasteiger partial charge in [-0.2, -0.15) is 4.98 Å². The van der Waals surface area contributed by atoms with E-state index in [1.165, 1.54) is 0 Å². The maximum Gasteiger partial charge on any atom is 0.329 e. The molecule has 0 atom stereocenters. The van der Waals surface area contributed by atoms with Crippen LogP contribution >= 0.6 is 11.6 Å². The zero-order chi connectivity index (χ0) is 14.2. The number of nitrogens with zero attached hydrogens (tertiary/aromatic N) is 5. The number of anilines is 1. The summed E-state index contributed by atoms with van der Waals surface area (Å²) in [6.07, 6.45) is 1.16. The molecule has 0 spiro atoms. The number of nitro groups is 1. The van der Waals surface area contributed by atoms with Crippen LogP contribution in [-0.2, 0) is 0 Å². The molecule has 0 bridgehead atoms. The average molecular weight is 286 g/mol. The molecule has 0 aromatic carbocycles. The van der Waals surface area contributed by atoms with Crippen LogP contribution in [0.3, 0.4) is 0 Å². The highest BCUT2D eigenvalue weighted by atomic mass is 35.5. The summed E-state index contributed by atoms with van der Waals surface area (Å²) in [6.45, 7) is 6.32. The second-order valence-electron chi connectivity index (χ2n) is 5.26. The standard InChI is InChI=1S/C11H16ClN5O2/c1-11(2)7-16(5-4-15(11)3)9-8(17(18)19)6-13-10(12)14-9/h6H,4-5,7H2,1-3H3. The Morgan fingerprint density at radius 1 is 1.47 bits per heavy atom. The minimum absolute atomic E-state index is 0.0253. The summed E-state index contributed by atoms with van der Waals surface area (Å²) in [6, 6.07) is 0. The smallest absolute Gasteiger partial charge is 0.329 e. The Bertz CT molecular complexity index is 508. The number of aromatic nitrogens is 2. The van der Waals surface area contributed by atoms with Crippen molar-refractivity contribution in [3.8, 4) is 0 Å². The van der Waals surface area contributed by atoms with Crippen LogP contribution in [0.25, 0.3) is 0 Å². The van der Waals surface area contributed by atoms with Gasteiger partial charge in [-0.3, -0.25) is 15.0 Å². The third-order valence-corrected chi connectivity index (χ3v) is 3.72. The number of likely N-dealkylation sites (N-methyl/N-ethyl adjacent to an activating group) is 1. The molecule has 1 fully saturated rings. The lowest BCUT2D eigenvalue weighted by atomic mass is 10.00. The monoisotopic (exact) mass is 285 g/mol. The van der Waals surface area contributed by atoms with Gasteiger partial charge in [0.1, 0.15) is 6.20 Å². The van der Waals surface area contributed by atoms with Crippen molar-refractivity contribution in [3.05, 3.63) is 21.6 Å². The number of piperazine rings is 1. The first-order chi connectivity index (χ1) is 8.81. The molecule has 19 heavy (non-hydrogen) atoms. The Kier molecular flexibility index (Phi) is 3.60. The molecule has 0 amide bonds. The lowest BCUT2D eigenvalue weighted by Crippen LogP contribution is -2.58. The van der Waals surface area contributed by atoms with E-state index in [1.54, 1.807) is 0 Å². The molecule has 1 aliphatic rings. The molecular weight excluding hydrogens is 270 g/mol. The van der Waals surface area contributed by atoms with Crippen LogP contribution in [0.5, 0.6) is 0 Å². The van der Waals surface area contributed by atoms with Crippen molar-refractivity contribution in [2.24, 2.45) is 0 Å². The van der Waals surface area contributed by atoms with Crippen molar-refractivity contribution < 1.29 is 4.92 Å². The van der Waals surface area contributed by atoms with E-state index >= 15 is 0 Å². The molecule has 2 heterocycles. The van der Waals surface area contributed by atoms with Crippen LogP contribution in [-0.4, -0.2) is 52.0 Å². The van der Waals surface area contributed by atoms with Gasteiger partial charge in [-0.25, -0.2) is 4.98 Å². The predicted molar refractivity (Wildman–Crippen MR) is 72.6 cm³/mol. The van der Waals surface area contributed by atoms with Gasteiger partial charge < -0.3 is 4.90 Å². The van der Waals surface area contributed by atoms with E-state index in [1.807, 2.05) is 11.9 Å². The Morgan fingerprint density at radius 2 is 2.16 bits per heavy atom. The van der Waals surface area contributed by atoms with Crippen LogP contribution in [0.1, 0.15) is 13.8 Å². The van der Waals surface area contributed by atoms with Crippen LogP contribution in [0.4, 0.5) is 11.5 Å². The second kappa shape index (κ2) is 4.90. The molecule has 0 radical (unpaired) electrons. The van der Waals surface area contributed by atoms with E-state index in [0.717, 1.165) is 12.7 Å². The fourth-order valence-corrected chi connectivity index (χ4v) is 2.26. The topological polar surface area (TPSA) is 75.4 Å². The van der Waals surface area contributed by atoms with E-state index < -0.39 is 4.92 Å². The highest BCUT2D eigenvalue weighted by Gasteiger charge is 2.34. The first kappa shape index (κ1) is 14.0. The summed E-state index contributed by atoms with van der Waals surface area (Å²) in [5.41, 5.74) is -0.187.